The van der Waals surface area contributed by atoms with E-state index in [4.69, 9.17) is 15.9 Å². The molecule has 6 heteroatoms. The molecular weight excluding hydrogens is 190 g/mol. The number of aliphatic hydroxyl groups excluding tert-OH is 1. The number of hydrogen-bond donors (Lipinski definition) is 3. The average Bonchev–Trinajstić information content (AvgIpc) is 2.14. The number of hydrogen-bond acceptors (Lipinski definition) is 5. The molecule has 0 heterocycles. The lowest BCUT2D eigenvalue weighted by Gasteiger charge is -2.09. The molecule has 82 valence electrons. The molecule has 0 aliphatic carbocycles. The van der Waals surface area contributed by atoms with Gasteiger partial charge in [-0.2, -0.15) is 0 Å². The van der Waals surface area contributed by atoms with Crippen LogP contribution in [0.5, 0.6) is 0 Å². The average molecular weight is 205 g/mol. The molecule has 0 spiro atoms. The van der Waals surface area contributed by atoms with Gasteiger partial charge in [-0.15, -0.1) is 0 Å². The lowest BCUT2D eigenvalue weighted by molar-refractivity contribution is -0.146. The molecule has 1 atom stereocenters. The maximum Gasteiger partial charge on any atom is 0.322 e. The van der Waals surface area contributed by atoms with Crippen molar-refractivity contribution in [1.82, 2.24) is 0 Å². The number of carboxylic acids is 1. The van der Waals surface area contributed by atoms with E-state index in [2.05, 4.69) is 4.74 Å². The number of esters is 1. The Bertz CT molecular complexity index is 194. The van der Waals surface area contributed by atoms with Crippen molar-refractivity contribution in [1.29, 1.82) is 0 Å². The second kappa shape index (κ2) is 7.28. The first-order valence-corrected chi connectivity index (χ1v) is 4.32. The predicted octanol–water partition coefficient (Wildman–Crippen LogP) is -0.896. The minimum absolute atomic E-state index is 0.0579. The highest BCUT2D eigenvalue weighted by molar-refractivity contribution is 5.76. The van der Waals surface area contributed by atoms with Crippen molar-refractivity contribution >= 4 is 11.9 Å². The molecular formula is C8H15NO5. The Morgan fingerprint density at radius 1 is 1.43 bits per heavy atom. The van der Waals surface area contributed by atoms with Crippen LogP contribution in [0.25, 0.3) is 0 Å². The summed E-state index contributed by atoms with van der Waals surface area (Å²) < 4.78 is 4.66. The topological polar surface area (TPSA) is 110 Å². The Kier molecular flexibility index (Phi) is 6.69. The fourth-order valence-electron chi connectivity index (χ4n) is 0.741. The lowest BCUT2D eigenvalue weighted by Crippen LogP contribution is -2.33. The van der Waals surface area contributed by atoms with Crippen LogP contribution in [0.2, 0.25) is 0 Å². The zero-order valence-electron chi connectivity index (χ0n) is 7.81. The fourth-order valence-corrected chi connectivity index (χ4v) is 0.741. The largest absolute Gasteiger partial charge is 0.481 e. The van der Waals surface area contributed by atoms with Crippen molar-refractivity contribution in [2.45, 2.75) is 25.3 Å². The number of carboxylic acid groups (broad SMARTS) is 1. The molecule has 14 heavy (non-hydrogen) atoms. The van der Waals surface area contributed by atoms with E-state index in [1.807, 2.05) is 0 Å². The Hall–Kier alpha value is -1.14. The summed E-state index contributed by atoms with van der Waals surface area (Å²) >= 11 is 0. The molecule has 0 aromatic heterocycles. The summed E-state index contributed by atoms with van der Waals surface area (Å²) in [5, 5.41) is 16.7. The number of nitrogens with two attached hydrogens (primary N) is 1. The predicted molar refractivity (Wildman–Crippen MR) is 47.5 cm³/mol. The third-order valence-electron chi connectivity index (χ3n) is 1.52. The summed E-state index contributed by atoms with van der Waals surface area (Å²) in [5.74, 6) is -1.62. The fraction of sp³-hybridized carbons (Fsp3) is 0.750. The molecule has 0 aromatic rings. The van der Waals surface area contributed by atoms with E-state index < -0.39 is 18.0 Å². The van der Waals surface area contributed by atoms with E-state index in [1.54, 1.807) is 0 Å². The molecule has 0 aliphatic rings. The molecule has 6 nitrogen and oxygen atoms in total. The zero-order valence-corrected chi connectivity index (χ0v) is 7.81. The smallest absolute Gasteiger partial charge is 0.322 e. The summed E-state index contributed by atoms with van der Waals surface area (Å²) in [6, 6.07) is -0.898. The van der Waals surface area contributed by atoms with Gasteiger partial charge in [-0.25, -0.2) is 0 Å². The minimum atomic E-state index is -0.997. The molecule has 0 saturated carbocycles. The van der Waals surface area contributed by atoms with E-state index in [0.29, 0.717) is 6.42 Å². The van der Waals surface area contributed by atoms with Gasteiger partial charge in [-0.3, -0.25) is 9.59 Å². The second-order valence-electron chi connectivity index (χ2n) is 2.78. The van der Waals surface area contributed by atoms with Crippen LogP contribution >= 0.6 is 0 Å². The van der Waals surface area contributed by atoms with Crippen molar-refractivity contribution < 1.29 is 24.5 Å². The van der Waals surface area contributed by atoms with E-state index in [1.165, 1.54) is 0 Å². The minimum Gasteiger partial charge on any atom is -0.481 e. The Morgan fingerprint density at radius 2 is 2.07 bits per heavy atom. The van der Waals surface area contributed by atoms with Crippen molar-refractivity contribution in [2.75, 3.05) is 13.2 Å². The van der Waals surface area contributed by atoms with Gasteiger partial charge in [-0.05, 0) is 6.42 Å². The molecule has 0 unspecified atom stereocenters. The number of ether oxygens (including phenoxy) is 1. The third-order valence-corrected chi connectivity index (χ3v) is 1.52. The molecule has 0 fully saturated rings. The molecule has 0 amide bonds. The standard InChI is InChI=1S/C8H15NO5/c9-6(2-3-7(11)12)8(13)14-5-1-4-10/h6,10H,1-5,9H2,(H,11,12)/t6-/m0/s1. The van der Waals surface area contributed by atoms with Gasteiger partial charge in [0.25, 0.3) is 0 Å². The zero-order chi connectivity index (χ0) is 11.0. The van der Waals surface area contributed by atoms with Crippen LogP contribution in [0.15, 0.2) is 0 Å². The van der Waals surface area contributed by atoms with Crippen LogP contribution in [-0.2, 0) is 14.3 Å². The highest BCUT2D eigenvalue weighted by Crippen LogP contribution is 1.97. The molecule has 0 rings (SSSR count). The lowest BCUT2D eigenvalue weighted by atomic mass is 10.2. The molecule has 0 saturated heterocycles. The van der Waals surface area contributed by atoms with Crippen LogP contribution < -0.4 is 5.73 Å². The van der Waals surface area contributed by atoms with Gasteiger partial charge >= 0.3 is 11.9 Å². The van der Waals surface area contributed by atoms with Gasteiger partial charge in [0, 0.05) is 19.4 Å². The van der Waals surface area contributed by atoms with E-state index in [9.17, 15) is 9.59 Å². The van der Waals surface area contributed by atoms with E-state index in [0.717, 1.165) is 0 Å². The SMILES string of the molecule is N[C@@H](CCC(=O)O)C(=O)OCCCO. The Labute approximate surface area is 81.7 Å². The van der Waals surface area contributed by atoms with Gasteiger partial charge < -0.3 is 20.7 Å². The Morgan fingerprint density at radius 3 is 2.57 bits per heavy atom. The Balaban J connectivity index is 3.59. The van der Waals surface area contributed by atoms with Gasteiger partial charge in [0.05, 0.1) is 6.61 Å². The molecule has 0 radical (unpaired) electrons. The van der Waals surface area contributed by atoms with E-state index >= 15 is 0 Å². The number of carbonyl (C=O) groups excluding carboxylic acids is 1. The van der Waals surface area contributed by atoms with Crippen LogP contribution in [0.4, 0.5) is 0 Å². The number of carbonyl (C=O) groups is 2. The number of aliphatic hydroxyl groups is 1. The maximum absolute atomic E-state index is 11.0. The summed E-state index contributed by atoms with van der Waals surface area (Å²) in [5.41, 5.74) is 5.35. The van der Waals surface area contributed by atoms with Gasteiger partial charge in [-0.1, -0.05) is 0 Å². The van der Waals surface area contributed by atoms with Gasteiger partial charge in [0.15, 0.2) is 0 Å². The van der Waals surface area contributed by atoms with Crippen molar-refractivity contribution in [2.24, 2.45) is 5.73 Å². The summed E-state index contributed by atoms with van der Waals surface area (Å²) in [7, 11) is 0. The third kappa shape index (κ3) is 6.38. The van der Waals surface area contributed by atoms with Crippen LogP contribution in [0, 0.1) is 0 Å². The number of rotatable bonds is 7. The normalized spacial score (nSPS) is 12.1. The maximum atomic E-state index is 11.0. The van der Waals surface area contributed by atoms with Crippen molar-refractivity contribution in [3.8, 4) is 0 Å². The molecule has 0 aliphatic heterocycles. The summed E-state index contributed by atoms with van der Waals surface area (Å²) in [6.45, 7) is 0.0494. The van der Waals surface area contributed by atoms with Crippen LogP contribution in [0.1, 0.15) is 19.3 Å². The first kappa shape index (κ1) is 12.9. The van der Waals surface area contributed by atoms with Crippen molar-refractivity contribution in [3.63, 3.8) is 0 Å². The number of aliphatic carboxylic acids is 1. The van der Waals surface area contributed by atoms with Crippen LogP contribution in [-0.4, -0.2) is 41.4 Å². The molecule has 0 bridgehead atoms. The molecule has 4 N–H and O–H groups in total. The van der Waals surface area contributed by atoms with Crippen LogP contribution in [0.3, 0.4) is 0 Å². The first-order valence-electron chi connectivity index (χ1n) is 4.32. The summed E-state index contributed by atoms with van der Waals surface area (Å²) in [6.07, 6.45) is 0.265. The molecule has 0 aromatic carbocycles. The van der Waals surface area contributed by atoms with E-state index in [-0.39, 0.29) is 26.1 Å². The van der Waals surface area contributed by atoms with Gasteiger partial charge in [0.1, 0.15) is 6.04 Å². The highest BCUT2D eigenvalue weighted by Gasteiger charge is 2.15. The van der Waals surface area contributed by atoms with Crippen molar-refractivity contribution in [3.05, 3.63) is 0 Å². The quantitative estimate of drug-likeness (QED) is 0.367. The second-order valence-corrected chi connectivity index (χ2v) is 2.78. The monoisotopic (exact) mass is 205 g/mol. The highest BCUT2D eigenvalue weighted by atomic mass is 16.5. The summed E-state index contributed by atoms with van der Waals surface area (Å²) in [4.78, 5) is 21.2. The van der Waals surface area contributed by atoms with Gasteiger partial charge in [0.2, 0.25) is 0 Å². The first-order chi connectivity index (χ1) is 6.57.